The number of phenols is 1. The number of aryl methyl sites for hydroxylation is 1. The van der Waals surface area contributed by atoms with Gasteiger partial charge in [0.15, 0.2) is 0 Å². The van der Waals surface area contributed by atoms with Crippen molar-refractivity contribution in [3.63, 3.8) is 0 Å². The quantitative estimate of drug-likeness (QED) is 0.592. The van der Waals surface area contributed by atoms with Crippen LogP contribution in [0.25, 0.3) is 0 Å². The van der Waals surface area contributed by atoms with E-state index in [0.717, 1.165) is 14.5 Å². The molecule has 0 atom stereocenters. The normalized spacial score (nSPS) is 10.8. The number of aromatic hydroxyl groups is 1. The Morgan fingerprint density at radius 3 is 2.71 bits per heavy atom. The van der Waals surface area contributed by atoms with E-state index in [9.17, 15) is 9.90 Å². The highest BCUT2D eigenvalue weighted by Gasteiger charge is 2.06. The molecule has 0 bridgehead atoms. The van der Waals surface area contributed by atoms with Gasteiger partial charge in [0.2, 0.25) is 0 Å². The third-order valence-corrected chi connectivity index (χ3v) is 4.14. The van der Waals surface area contributed by atoms with Gasteiger partial charge in [-0.05, 0) is 42.8 Å². The first kappa shape index (κ1) is 15.7. The largest absolute Gasteiger partial charge is 0.507 e. The van der Waals surface area contributed by atoms with Crippen LogP contribution in [0.5, 0.6) is 5.75 Å². The molecule has 2 rings (SSSR count). The second kappa shape index (κ2) is 6.87. The van der Waals surface area contributed by atoms with Crippen molar-refractivity contribution in [3.05, 3.63) is 62.0 Å². The van der Waals surface area contributed by atoms with Crippen molar-refractivity contribution in [1.82, 2.24) is 5.43 Å². The molecule has 0 heterocycles. The average molecular weight is 412 g/mol. The Bertz CT molecular complexity index is 715. The van der Waals surface area contributed by atoms with E-state index >= 15 is 0 Å². The van der Waals surface area contributed by atoms with E-state index in [1.807, 2.05) is 13.0 Å². The highest BCUT2D eigenvalue weighted by Crippen LogP contribution is 2.20. The van der Waals surface area contributed by atoms with Gasteiger partial charge in [-0.15, -0.1) is 0 Å². The number of benzene rings is 2. The molecule has 0 aliphatic carbocycles. The summed E-state index contributed by atoms with van der Waals surface area (Å²) in [6, 6.07) is 10.3. The average Bonchev–Trinajstić information content (AvgIpc) is 2.45. The van der Waals surface area contributed by atoms with Gasteiger partial charge in [0.1, 0.15) is 5.75 Å². The zero-order valence-electron chi connectivity index (χ0n) is 11.1. The summed E-state index contributed by atoms with van der Waals surface area (Å²) in [4.78, 5) is 11.9. The number of halogens is 2. The molecule has 2 aromatic rings. The van der Waals surface area contributed by atoms with Crippen LogP contribution in [-0.4, -0.2) is 17.2 Å². The molecule has 0 saturated heterocycles. The summed E-state index contributed by atoms with van der Waals surface area (Å²) in [7, 11) is 0. The fourth-order valence-electron chi connectivity index (χ4n) is 1.59. The molecule has 0 aliphatic heterocycles. The fourth-order valence-corrected chi connectivity index (χ4v) is 2.35. The smallest absolute Gasteiger partial charge is 0.271 e. The SMILES string of the molecule is Cc1ccc(C(=O)N/N=C/c2cc(Br)ccc2O)cc1Br. The number of nitrogens with one attached hydrogen (secondary N) is 1. The summed E-state index contributed by atoms with van der Waals surface area (Å²) in [5, 5.41) is 13.5. The Kier molecular flexibility index (Phi) is 5.14. The molecule has 2 N–H and O–H groups in total. The maximum atomic E-state index is 11.9. The summed E-state index contributed by atoms with van der Waals surface area (Å²) >= 11 is 6.68. The molecule has 0 fully saturated rings. The predicted molar refractivity (Wildman–Crippen MR) is 89.7 cm³/mol. The van der Waals surface area contributed by atoms with Crippen LogP contribution in [0.1, 0.15) is 21.5 Å². The number of amides is 1. The zero-order chi connectivity index (χ0) is 15.4. The minimum atomic E-state index is -0.318. The van der Waals surface area contributed by atoms with Crippen LogP contribution in [0.3, 0.4) is 0 Å². The first-order valence-electron chi connectivity index (χ1n) is 6.05. The molecule has 0 aliphatic rings. The number of carbonyl (C=O) groups excluding carboxylic acids is 1. The van der Waals surface area contributed by atoms with Crippen LogP contribution in [-0.2, 0) is 0 Å². The molecule has 0 spiro atoms. The van der Waals surface area contributed by atoms with Crippen LogP contribution < -0.4 is 5.43 Å². The third kappa shape index (κ3) is 4.15. The van der Waals surface area contributed by atoms with Crippen molar-refractivity contribution >= 4 is 44.0 Å². The van der Waals surface area contributed by atoms with E-state index < -0.39 is 0 Å². The Morgan fingerprint density at radius 2 is 2.00 bits per heavy atom. The lowest BCUT2D eigenvalue weighted by Gasteiger charge is -2.03. The van der Waals surface area contributed by atoms with Crippen molar-refractivity contribution in [3.8, 4) is 5.75 Å². The number of phenolic OH excluding ortho intramolecular Hbond substituents is 1. The third-order valence-electron chi connectivity index (χ3n) is 2.79. The van der Waals surface area contributed by atoms with Gasteiger partial charge in [0, 0.05) is 20.1 Å². The number of hydrogen-bond donors (Lipinski definition) is 2. The Labute approximate surface area is 139 Å². The van der Waals surface area contributed by atoms with Crippen molar-refractivity contribution in [2.75, 3.05) is 0 Å². The topological polar surface area (TPSA) is 61.7 Å². The summed E-state index contributed by atoms with van der Waals surface area (Å²) in [6.07, 6.45) is 1.39. The molecule has 0 radical (unpaired) electrons. The summed E-state index contributed by atoms with van der Waals surface area (Å²) < 4.78 is 1.68. The lowest BCUT2D eigenvalue weighted by atomic mass is 10.1. The number of hydrazone groups is 1. The standard InChI is InChI=1S/C15H12Br2N2O2/c1-9-2-3-10(7-13(9)17)15(21)19-18-8-11-6-12(16)4-5-14(11)20/h2-8,20H,1H3,(H,19,21)/b18-8+. The van der Waals surface area contributed by atoms with Gasteiger partial charge >= 0.3 is 0 Å². The molecule has 6 heteroatoms. The number of rotatable bonds is 3. The Hall–Kier alpha value is -1.66. The van der Waals surface area contributed by atoms with E-state index in [4.69, 9.17) is 0 Å². The molecular formula is C15H12Br2N2O2. The number of carbonyl (C=O) groups is 1. The van der Waals surface area contributed by atoms with E-state index in [2.05, 4.69) is 42.4 Å². The fraction of sp³-hybridized carbons (Fsp3) is 0.0667. The van der Waals surface area contributed by atoms with Gasteiger partial charge in [0.05, 0.1) is 6.21 Å². The number of nitrogens with zero attached hydrogens (tertiary/aromatic N) is 1. The minimum Gasteiger partial charge on any atom is -0.507 e. The van der Waals surface area contributed by atoms with E-state index in [1.54, 1.807) is 30.3 Å². The predicted octanol–water partition coefficient (Wildman–Crippen LogP) is 3.99. The van der Waals surface area contributed by atoms with Crippen LogP contribution >= 0.6 is 31.9 Å². The van der Waals surface area contributed by atoms with Crippen molar-refractivity contribution in [1.29, 1.82) is 0 Å². The van der Waals surface area contributed by atoms with Crippen LogP contribution in [0.15, 0.2) is 50.4 Å². The van der Waals surface area contributed by atoms with Crippen molar-refractivity contribution < 1.29 is 9.90 Å². The van der Waals surface area contributed by atoms with Gasteiger partial charge in [-0.3, -0.25) is 4.79 Å². The molecule has 108 valence electrons. The van der Waals surface area contributed by atoms with E-state index in [0.29, 0.717) is 11.1 Å². The van der Waals surface area contributed by atoms with Gasteiger partial charge < -0.3 is 5.11 Å². The molecule has 2 aromatic carbocycles. The van der Waals surface area contributed by atoms with Gasteiger partial charge in [-0.1, -0.05) is 37.9 Å². The molecule has 0 unspecified atom stereocenters. The molecule has 0 aromatic heterocycles. The summed E-state index contributed by atoms with van der Waals surface area (Å²) in [6.45, 7) is 1.94. The highest BCUT2D eigenvalue weighted by molar-refractivity contribution is 9.10. The van der Waals surface area contributed by atoms with Gasteiger partial charge in [-0.25, -0.2) is 5.43 Å². The summed E-state index contributed by atoms with van der Waals surface area (Å²) in [5.41, 5.74) is 4.49. The second-order valence-corrected chi connectivity index (χ2v) is 6.14. The number of hydrogen-bond acceptors (Lipinski definition) is 3. The Morgan fingerprint density at radius 1 is 1.24 bits per heavy atom. The molecular weight excluding hydrogens is 400 g/mol. The molecule has 0 saturated carbocycles. The molecule has 21 heavy (non-hydrogen) atoms. The monoisotopic (exact) mass is 410 g/mol. The first-order chi connectivity index (χ1) is 9.97. The van der Waals surface area contributed by atoms with Gasteiger partial charge in [0.25, 0.3) is 5.91 Å². The maximum Gasteiger partial charge on any atom is 0.271 e. The van der Waals surface area contributed by atoms with Crippen LogP contribution in [0, 0.1) is 6.92 Å². The minimum absolute atomic E-state index is 0.0919. The maximum absolute atomic E-state index is 11.9. The first-order valence-corrected chi connectivity index (χ1v) is 7.64. The zero-order valence-corrected chi connectivity index (χ0v) is 14.3. The Balaban J connectivity index is 2.08. The highest BCUT2D eigenvalue weighted by atomic mass is 79.9. The van der Waals surface area contributed by atoms with E-state index in [-0.39, 0.29) is 11.7 Å². The molecule has 1 amide bonds. The lowest BCUT2D eigenvalue weighted by Crippen LogP contribution is -2.17. The molecule has 4 nitrogen and oxygen atoms in total. The van der Waals surface area contributed by atoms with Crippen LogP contribution in [0.2, 0.25) is 0 Å². The van der Waals surface area contributed by atoms with Crippen molar-refractivity contribution in [2.45, 2.75) is 6.92 Å². The van der Waals surface area contributed by atoms with Crippen LogP contribution in [0.4, 0.5) is 0 Å². The van der Waals surface area contributed by atoms with Crippen molar-refractivity contribution in [2.24, 2.45) is 5.10 Å². The summed E-state index contributed by atoms with van der Waals surface area (Å²) in [5.74, 6) is -0.226. The second-order valence-electron chi connectivity index (χ2n) is 4.37. The lowest BCUT2D eigenvalue weighted by molar-refractivity contribution is 0.0955. The van der Waals surface area contributed by atoms with Gasteiger partial charge in [-0.2, -0.15) is 5.10 Å². The van der Waals surface area contributed by atoms with E-state index in [1.165, 1.54) is 6.21 Å².